The molecule has 0 aromatic heterocycles. The summed E-state index contributed by atoms with van der Waals surface area (Å²) in [6.07, 6.45) is 0. The van der Waals surface area contributed by atoms with Crippen LogP contribution < -0.4 is 11.1 Å². The number of hydrogen-bond acceptors (Lipinski definition) is 3. The van der Waals surface area contributed by atoms with E-state index in [1.165, 1.54) is 0 Å². The van der Waals surface area contributed by atoms with Gasteiger partial charge in [-0.25, -0.2) is 0 Å². The van der Waals surface area contributed by atoms with E-state index in [2.05, 4.69) is 5.32 Å². The second-order valence-electron chi connectivity index (χ2n) is 4.89. The van der Waals surface area contributed by atoms with Crippen molar-refractivity contribution in [2.24, 2.45) is 0 Å². The van der Waals surface area contributed by atoms with E-state index in [1.54, 1.807) is 18.2 Å². The lowest BCUT2D eigenvalue weighted by Gasteiger charge is -2.17. The molecule has 0 aliphatic rings. The standard InChI is InChI=1S/C12H17ClN2O2S/c1-12(2,3)18(17)7-11(16)15-10-5-4-8(14)6-9(10)13/h4-6H,7,14H2,1-3H3,(H,15,16). The fourth-order valence-electron chi connectivity index (χ4n) is 1.15. The Morgan fingerprint density at radius 2 is 2.06 bits per heavy atom. The summed E-state index contributed by atoms with van der Waals surface area (Å²) in [6, 6.07) is 4.82. The molecule has 0 spiro atoms. The van der Waals surface area contributed by atoms with Gasteiger partial charge in [0, 0.05) is 21.2 Å². The summed E-state index contributed by atoms with van der Waals surface area (Å²) in [4.78, 5) is 11.7. The average molecular weight is 289 g/mol. The van der Waals surface area contributed by atoms with Gasteiger partial charge in [0.1, 0.15) is 5.75 Å². The minimum atomic E-state index is -1.23. The van der Waals surface area contributed by atoms with Crippen molar-refractivity contribution in [3.8, 4) is 0 Å². The zero-order valence-electron chi connectivity index (χ0n) is 10.6. The lowest BCUT2D eigenvalue weighted by molar-refractivity contribution is -0.113. The number of halogens is 1. The van der Waals surface area contributed by atoms with Crippen LogP contribution in [0, 0.1) is 0 Å². The van der Waals surface area contributed by atoms with Crippen molar-refractivity contribution in [3.63, 3.8) is 0 Å². The fraction of sp³-hybridized carbons (Fsp3) is 0.417. The van der Waals surface area contributed by atoms with E-state index in [0.29, 0.717) is 16.4 Å². The van der Waals surface area contributed by atoms with Gasteiger partial charge in [-0.2, -0.15) is 0 Å². The number of amides is 1. The van der Waals surface area contributed by atoms with Crippen molar-refractivity contribution in [1.29, 1.82) is 0 Å². The molecular weight excluding hydrogens is 272 g/mol. The molecule has 100 valence electrons. The largest absolute Gasteiger partial charge is 0.399 e. The van der Waals surface area contributed by atoms with Gasteiger partial charge in [0.05, 0.1) is 10.7 Å². The summed E-state index contributed by atoms with van der Waals surface area (Å²) in [7, 11) is -1.23. The van der Waals surface area contributed by atoms with E-state index in [1.807, 2.05) is 20.8 Å². The van der Waals surface area contributed by atoms with Crippen LogP contribution in [0.1, 0.15) is 20.8 Å². The van der Waals surface area contributed by atoms with Crippen molar-refractivity contribution in [2.45, 2.75) is 25.5 Å². The number of hydrogen-bond donors (Lipinski definition) is 2. The summed E-state index contributed by atoms with van der Waals surface area (Å²) in [5.74, 6) is -0.376. The Bertz CT molecular complexity index is 483. The summed E-state index contributed by atoms with van der Waals surface area (Å²) in [5, 5.41) is 2.99. The van der Waals surface area contributed by atoms with Gasteiger partial charge in [0.15, 0.2) is 0 Å². The highest BCUT2D eigenvalue weighted by molar-refractivity contribution is 7.87. The van der Waals surface area contributed by atoms with Crippen molar-refractivity contribution in [2.75, 3.05) is 16.8 Å². The molecule has 4 nitrogen and oxygen atoms in total. The third-order valence-electron chi connectivity index (χ3n) is 2.21. The molecule has 1 amide bonds. The van der Waals surface area contributed by atoms with Crippen molar-refractivity contribution in [3.05, 3.63) is 23.2 Å². The van der Waals surface area contributed by atoms with Gasteiger partial charge in [-0.15, -0.1) is 0 Å². The molecule has 1 aromatic carbocycles. The van der Waals surface area contributed by atoms with Crippen LogP contribution in [0.25, 0.3) is 0 Å². The summed E-state index contributed by atoms with van der Waals surface area (Å²) in [5.41, 5.74) is 6.55. The lowest BCUT2D eigenvalue weighted by atomic mass is 10.3. The van der Waals surface area contributed by atoms with Gasteiger partial charge in [-0.05, 0) is 39.0 Å². The van der Waals surface area contributed by atoms with Crippen LogP contribution >= 0.6 is 11.6 Å². The molecule has 0 aliphatic heterocycles. The maximum Gasteiger partial charge on any atom is 0.237 e. The Kier molecular flexibility index (Phi) is 4.76. The van der Waals surface area contributed by atoms with Gasteiger partial charge >= 0.3 is 0 Å². The first-order valence-electron chi connectivity index (χ1n) is 5.43. The molecule has 6 heteroatoms. The quantitative estimate of drug-likeness (QED) is 0.839. The Morgan fingerprint density at radius 1 is 1.44 bits per heavy atom. The molecule has 1 aromatic rings. The molecule has 1 atom stereocenters. The van der Waals surface area contributed by atoms with Gasteiger partial charge in [0.25, 0.3) is 0 Å². The van der Waals surface area contributed by atoms with Crippen molar-refractivity contribution in [1.82, 2.24) is 0 Å². The lowest BCUT2D eigenvalue weighted by Crippen LogP contribution is -2.30. The summed E-state index contributed by atoms with van der Waals surface area (Å²) in [6.45, 7) is 5.48. The van der Waals surface area contributed by atoms with Gasteiger partial charge in [-0.1, -0.05) is 11.6 Å². The Balaban J connectivity index is 2.68. The van der Waals surface area contributed by atoms with Gasteiger partial charge in [-0.3, -0.25) is 9.00 Å². The second-order valence-corrected chi connectivity index (χ2v) is 7.50. The molecule has 0 bridgehead atoms. The maximum absolute atomic E-state index is 11.8. The third kappa shape index (κ3) is 4.31. The number of nitrogens with one attached hydrogen (secondary N) is 1. The molecule has 18 heavy (non-hydrogen) atoms. The van der Waals surface area contributed by atoms with Crippen LogP contribution in [0.5, 0.6) is 0 Å². The normalized spacial score (nSPS) is 13.1. The third-order valence-corrected chi connectivity index (χ3v) is 4.42. The Hall–Kier alpha value is -1.07. The van der Waals surface area contributed by atoms with E-state index in [0.717, 1.165) is 0 Å². The van der Waals surface area contributed by atoms with Crippen LogP contribution in [-0.4, -0.2) is 20.6 Å². The number of benzene rings is 1. The predicted octanol–water partition coefficient (Wildman–Crippen LogP) is 2.41. The molecule has 1 unspecified atom stereocenters. The monoisotopic (exact) mass is 288 g/mol. The smallest absolute Gasteiger partial charge is 0.237 e. The van der Waals surface area contributed by atoms with Crippen molar-refractivity contribution < 1.29 is 9.00 Å². The van der Waals surface area contributed by atoms with E-state index >= 15 is 0 Å². The van der Waals surface area contributed by atoms with Gasteiger partial charge < -0.3 is 11.1 Å². The molecule has 0 fully saturated rings. The molecular formula is C12H17ClN2O2S. The van der Waals surface area contributed by atoms with E-state index < -0.39 is 15.5 Å². The number of anilines is 2. The highest BCUT2D eigenvalue weighted by Crippen LogP contribution is 2.24. The molecule has 0 aliphatic carbocycles. The van der Waals surface area contributed by atoms with E-state index in [4.69, 9.17) is 17.3 Å². The molecule has 0 saturated heterocycles. The maximum atomic E-state index is 11.8. The summed E-state index contributed by atoms with van der Waals surface area (Å²) < 4.78 is 11.4. The minimum Gasteiger partial charge on any atom is -0.399 e. The Morgan fingerprint density at radius 3 is 2.56 bits per heavy atom. The molecule has 0 heterocycles. The fourth-order valence-corrected chi connectivity index (χ4v) is 2.13. The average Bonchev–Trinajstić information content (AvgIpc) is 2.20. The van der Waals surface area contributed by atoms with E-state index in [-0.39, 0.29) is 11.7 Å². The highest BCUT2D eigenvalue weighted by atomic mass is 35.5. The molecule has 3 N–H and O–H groups in total. The molecule has 0 radical (unpaired) electrons. The zero-order valence-corrected chi connectivity index (χ0v) is 12.2. The van der Waals surface area contributed by atoms with Crippen LogP contribution in [-0.2, 0) is 15.6 Å². The van der Waals surface area contributed by atoms with Crippen LogP contribution in [0.2, 0.25) is 5.02 Å². The number of nitrogen functional groups attached to an aromatic ring is 1. The zero-order chi connectivity index (χ0) is 13.9. The Labute approximate surface area is 114 Å². The SMILES string of the molecule is CC(C)(C)S(=O)CC(=O)Nc1ccc(N)cc1Cl. The topological polar surface area (TPSA) is 72.2 Å². The van der Waals surface area contributed by atoms with Crippen molar-refractivity contribution >= 4 is 39.7 Å². The first kappa shape index (κ1) is 15.0. The first-order chi connectivity index (χ1) is 8.20. The van der Waals surface area contributed by atoms with Crippen LogP contribution in [0.15, 0.2) is 18.2 Å². The summed E-state index contributed by atoms with van der Waals surface area (Å²) >= 11 is 5.93. The highest BCUT2D eigenvalue weighted by Gasteiger charge is 2.22. The predicted molar refractivity (Wildman–Crippen MR) is 77.3 cm³/mol. The number of nitrogens with two attached hydrogens (primary N) is 1. The van der Waals surface area contributed by atoms with Gasteiger partial charge in [0.2, 0.25) is 5.91 Å². The first-order valence-corrected chi connectivity index (χ1v) is 7.13. The van der Waals surface area contributed by atoms with Crippen LogP contribution in [0.4, 0.5) is 11.4 Å². The second kappa shape index (κ2) is 5.71. The molecule has 0 saturated carbocycles. The number of rotatable bonds is 3. The molecule has 1 rings (SSSR count). The van der Waals surface area contributed by atoms with E-state index in [9.17, 15) is 9.00 Å². The van der Waals surface area contributed by atoms with Crippen LogP contribution in [0.3, 0.4) is 0 Å². The minimum absolute atomic E-state index is 0.0514. The number of carbonyl (C=O) groups is 1. The number of carbonyl (C=O) groups excluding carboxylic acids is 1.